The van der Waals surface area contributed by atoms with Gasteiger partial charge in [-0.15, -0.1) is 0 Å². The van der Waals surface area contributed by atoms with Gasteiger partial charge in [-0.3, -0.25) is 0 Å². The Hall–Kier alpha value is -1.55. The highest BCUT2D eigenvalue weighted by Crippen LogP contribution is 2.23. The van der Waals surface area contributed by atoms with Gasteiger partial charge in [-0.1, -0.05) is 12.1 Å². The minimum atomic E-state index is -0.300. The molecule has 0 unspecified atom stereocenters. The fraction of sp³-hybridized carbons (Fsp3) is 0.143. The first-order valence-electron chi connectivity index (χ1n) is 5.49. The normalized spacial score (nSPS) is 10.4. The lowest BCUT2D eigenvalue weighted by atomic mass is 10.2. The Balaban J connectivity index is 2.11. The zero-order chi connectivity index (χ0) is 13.1. The second-order valence-electron chi connectivity index (χ2n) is 4.05. The number of aryl methyl sites for hydroxylation is 1. The number of benzene rings is 2. The summed E-state index contributed by atoms with van der Waals surface area (Å²) in [5.74, 6) is 0.252. The van der Waals surface area contributed by atoms with Gasteiger partial charge >= 0.3 is 0 Å². The van der Waals surface area contributed by atoms with E-state index in [0.717, 1.165) is 15.6 Å². The first-order chi connectivity index (χ1) is 8.56. The van der Waals surface area contributed by atoms with E-state index in [4.69, 9.17) is 10.5 Å². The van der Waals surface area contributed by atoms with Gasteiger partial charge in [0.05, 0.1) is 0 Å². The molecule has 0 fully saturated rings. The maximum atomic E-state index is 13.1. The van der Waals surface area contributed by atoms with E-state index in [0.29, 0.717) is 18.0 Å². The van der Waals surface area contributed by atoms with Gasteiger partial charge in [0.1, 0.15) is 18.2 Å². The van der Waals surface area contributed by atoms with Crippen LogP contribution >= 0.6 is 15.9 Å². The summed E-state index contributed by atoms with van der Waals surface area (Å²) < 4.78 is 19.5. The molecule has 0 bridgehead atoms. The third kappa shape index (κ3) is 3.01. The first kappa shape index (κ1) is 12.9. The Morgan fingerprint density at radius 3 is 2.72 bits per heavy atom. The van der Waals surface area contributed by atoms with Crippen LogP contribution in [0.25, 0.3) is 0 Å². The van der Waals surface area contributed by atoms with Crippen molar-refractivity contribution in [2.45, 2.75) is 13.5 Å². The van der Waals surface area contributed by atoms with Gasteiger partial charge in [0.2, 0.25) is 0 Å². The van der Waals surface area contributed by atoms with Crippen molar-refractivity contribution in [1.82, 2.24) is 0 Å². The largest absolute Gasteiger partial charge is 0.489 e. The Kier molecular flexibility index (Phi) is 3.87. The monoisotopic (exact) mass is 309 g/mol. The molecule has 2 rings (SSSR count). The summed E-state index contributed by atoms with van der Waals surface area (Å²) in [5, 5.41) is 0. The van der Waals surface area contributed by atoms with Crippen molar-refractivity contribution in [3.8, 4) is 5.75 Å². The van der Waals surface area contributed by atoms with E-state index in [9.17, 15) is 4.39 Å². The van der Waals surface area contributed by atoms with Crippen molar-refractivity contribution < 1.29 is 9.13 Å². The third-order valence-electron chi connectivity index (χ3n) is 2.60. The summed E-state index contributed by atoms with van der Waals surface area (Å²) in [5.41, 5.74) is 8.29. The molecular weight excluding hydrogens is 297 g/mol. The molecule has 0 heterocycles. The van der Waals surface area contributed by atoms with Crippen LogP contribution in [0.15, 0.2) is 40.9 Å². The zero-order valence-corrected chi connectivity index (χ0v) is 11.5. The zero-order valence-electron chi connectivity index (χ0n) is 9.91. The molecule has 0 atom stereocenters. The van der Waals surface area contributed by atoms with E-state index in [2.05, 4.69) is 15.9 Å². The molecule has 0 saturated carbocycles. The lowest BCUT2D eigenvalue weighted by molar-refractivity contribution is 0.302. The van der Waals surface area contributed by atoms with Gasteiger partial charge in [0.15, 0.2) is 0 Å². The second kappa shape index (κ2) is 5.40. The van der Waals surface area contributed by atoms with E-state index in [1.807, 2.05) is 25.1 Å². The van der Waals surface area contributed by atoms with Crippen LogP contribution in [0.1, 0.15) is 11.1 Å². The maximum absolute atomic E-state index is 13.1. The van der Waals surface area contributed by atoms with Crippen LogP contribution in [-0.4, -0.2) is 0 Å². The average molecular weight is 310 g/mol. The molecule has 0 radical (unpaired) electrons. The van der Waals surface area contributed by atoms with Crippen molar-refractivity contribution in [3.63, 3.8) is 0 Å². The number of ether oxygens (including phenoxy) is 1. The summed E-state index contributed by atoms with van der Waals surface area (Å²) in [6.45, 7) is 2.24. The Labute approximate surface area is 114 Å². The van der Waals surface area contributed by atoms with Crippen LogP contribution < -0.4 is 10.5 Å². The fourth-order valence-electron chi connectivity index (χ4n) is 1.57. The summed E-state index contributed by atoms with van der Waals surface area (Å²) >= 11 is 3.33. The highest BCUT2D eigenvalue weighted by Gasteiger charge is 2.03. The quantitative estimate of drug-likeness (QED) is 0.868. The molecule has 0 aliphatic heterocycles. The smallest absolute Gasteiger partial charge is 0.126 e. The second-order valence-corrected chi connectivity index (χ2v) is 4.91. The third-order valence-corrected chi connectivity index (χ3v) is 3.33. The molecule has 0 aliphatic carbocycles. The molecule has 0 spiro atoms. The molecule has 0 amide bonds. The number of anilines is 1. The van der Waals surface area contributed by atoms with Crippen molar-refractivity contribution in [3.05, 3.63) is 57.8 Å². The number of nitrogens with two attached hydrogens (primary N) is 1. The predicted octanol–water partition coefficient (Wildman–Crippen LogP) is 4.06. The van der Waals surface area contributed by atoms with Crippen LogP contribution in [0.5, 0.6) is 5.75 Å². The van der Waals surface area contributed by atoms with Crippen molar-refractivity contribution in [2.75, 3.05) is 5.73 Å². The number of hydrogen-bond donors (Lipinski definition) is 1. The lowest BCUT2D eigenvalue weighted by Crippen LogP contribution is -1.99. The Morgan fingerprint density at radius 2 is 2.00 bits per heavy atom. The molecule has 18 heavy (non-hydrogen) atoms. The Morgan fingerprint density at radius 1 is 1.22 bits per heavy atom. The summed E-state index contributed by atoms with van der Waals surface area (Å²) in [6, 6.07) is 10.1. The number of hydrogen-bond acceptors (Lipinski definition) is 2. The molecule has 0 saturated heterocycles. The molecule has 4 heteroatoms. The van der Waals surface area contributed by atoms with E-state index in [-0.39, 0.29) is 5.82 Å². The number of halogens is 2. The van der Waals surface area contributed by atoms with Crippen molar-refractivity contribution in [2.24, 2.45) is 0 Å². The molecule has 0 aromatic heterocycles. The molecule has 2 N–H and O–H groups in total. The number of nitrogen functional groups attached to an aromatic ring is 1. The van der Waals surface area contributed by atoms with E-state index >= 15 is 0 Å². The standard InChI is InChI=1S/C14H13BrFNO/c1-9-2-4-11(16)7-14(9)18-8-10-3-5-12(15)13(17)6-10/h2-7H,8,17H2,1H3. The summed E-state index contributed by atoms with van der Waals surface area (Å²) in [4.78, 5) is 0. The van der Waals surface area contributed by atoms with Crippen molar-refractivity contribution >= 4 is 21.6 Å². The molecule has 2 aromatic rings. The van der Waals surface area contributed by atoms with Gasteiger partial charge in [-0.05, 0) is 52.2 Å². The number of rotatable bonds is 3. The van der Waals surface area contributed by atoms with Crippen LogP contribution in [0.4, 0.5) is 10.1 Å². The van der Waals surface area contributed by atoms with E-state index < -0.39 is 0 Å². The van der Waals surface area contributed by atoms with Crippen LogP contribution in [-0.2, 0) is 6.61 Å². The maximum Gasteiger partial charge on any atom is 0.126 e. The van der Waals surface area contributed by atoms with Crippen LogP contribution in [0.3, 0.4) is 0 Å². The molecule has 94 valence electrons. The van der Waals surface area contributed by atoms with Crippen LogP contribution in [0, 0.1) is 12.7 Å². The van der Waals surface area contributed by atoms with Crippen molar-refractivity contribution in [1.29, 1.82) is 0 Å². The highest BCUT2D eigenvalue weighted by molar-refractivity contribution is 9.10. The predicted molar refractivity (Wildman–Crippen MR) is 74.0 cm³/mol. The lowest BCUT2D eigenvalue weighted by Gasteiger charge is -2.10. The molecule has 2 aromatic carbocycles. The van der Waals surface area contributed by atoms with Gasteiger partial charge in [0, 0.05) is 16.2 Å². The topological polar surface area (TPSA) is 35.2 Å². The SMILES string of the molecule is Cc1ccc(F)cc1OCc1ccc(Br)c(N)c1. The molecular formula is C14H13BrFNO. The van der Waals surface area contributed by atoms with Gasteiger partial charge < -0.3 is 10.5 Å². The summed E-state index contributed by atoms with van der Waals surface area (Å²) in [6.07, 6.45) is 0. The van der Waals surface area contributed by atoms with Crippen LogP contribution in [0.2, 0.25) is 0 Å². The van der Waals surface area contributed by atoms with Gasteiger partial charge in [0.25, 0.3) is 0 Å². The van der Waals surface area contributed by atoms with E-state index in [1.54, 1.807) is 6.07 Å². The Bertz CT molecular complexity index is 572. The van der Waals surface area contributed by atoms with Gasteiger partial charge in [-0.25, -0.2) is 4.39 Å². The minimum Gasteiger partial charge on any atom is -0.489 e. The fourth-order valence-corrected chi connectivity index (χ4v) is 1.82. The minimum absolute atomic E-state index is 0.300. The van der Waals surface area contributed by atoms with Gasteiger partial charge in [-0.2, -0.15) is 0 Å². The average Bonchev–Trinajstić information content (AvgIpc) is 2.34. The van der Waals surface area contributed by atoms with E-state index in [1.165, 1.54) is 12.1 Å². The molecule has 0 aliphatic rings. The summed E-state index contributed by atoms with van der Waals surface area (Å²) in [7, 11) is 0. The first-order valence-corrected chi connectivity index (χ1v) is 6.28. The highest BCUT2D eigenvalue weighted by atomic mass is 79.9. The molecule has 2 nitrogen and oxygen atoms in total.